The van der Waals surface area contributed by atoms with Crippen molar-refractivity contribution >= 4 is 29.7 Å². The van der Waals surface area contributed by atoms with Gasteiger partial charge in [0, 0.05) is 0 Å². The molecule has 0 aromatic rings. The number of amides is 3. The summed E-state index contributed by atoms with van der Waals surface area (Å²) in [6.45, 7) is 7.82. The molecule has 1 heterocycles. The Morgan fingerprint density at radius 2 is 1.59 bits per heavy atom. The lowest BCUT2D eigenvalue weighted by Gasteiger charge is -2.27. The van der Waals surface area contributed by atoms with Gasteiger partial charge in [0.05, 0.1) is 12.5 Å². The summed E-state index contributed by atoms with van der Waals surface area (Å²) < 4.78 is 0. The third kappa shape index (κ3) is 8.81. The Balaban J connectivity index is 2.95. The van der Waals surface area contributed by atoms with Crippen LogP contribution >= 0.6 is 0 Å². The van der Waals surface area contributed by atoms with Gasteiger partial charge < -0.3 is 31.5 Å². The lowest BCUT2D eigenvalue weighted by atomic mass is 9.97. The molecule has 5 unspecified atom stereocenters. The standard InChI is InChI=1S/C21H36N4O7/c1-5-12(4)17(21(31)32)25-20(30)14(9-11(2)3)23-19(29)15(10-16(26)27)24-18(28)13-7-6-8-22-13/h11-15,17,22H,5-10H2,1-4H3,(H,23,29)(H,24,28)(H,25,30)(H,26,27)(H,31,32). The fourth-order valence-corrected chi connectivity index (χ4v) is 3.48. The SMILES string of the molecule is CCC(C)C(NC(=O)C(CC(C)C)NC(=O)C(CC(=O)O)NC(=O)C1CCCN1)C(=O)O. The van der Waals surface area contributed by atoms with Crippen molar-refractivity contribution in [3.63, 3.8) is 0 Å². The number of hydrogen-bond acceptors (Lipinski definition) is 6. The molecule has 11 nitrogen and oxygen atoms in total. The minimum atomic E-state index is -1.37. The molecule has 0 radical (unpaired) electrons. The molecule has 1 fully saturated rings. The van der Waals surface area contributed by atoms with Crippen LogP contribution in [0.2, 0.25) is 0 Å². The monoisotopic (exact) mass is 456 g/mol. The molecule has 0 aromatic carbocycles. The van der Waals surface area contributed by atoms with Crippen LogP contribution in [0.15, 0.2) is 0 Å². The number of nitrogens with one attached hydrogen (secondary N) is 4. The zero-order chi connectivity index (χ0) is 24.4. The minimum Gasteiger partial charge on any atom is -0.481 e. The highest BCUT2D eigenvalue weighted by atomic mass is 16.4. The van der Waals surface area contributed by atoms with E-state index >= 15 is 0 Å². The summed E-state index contributed by atoms with van der Waals surface area (Å²) in [7, 11) is 0. The fourth-order valence-electron chi connectivity index (χ4n) is 3.48. The first-order chi connectivity index (χ1) is 15.0. The van der Waals surface area contributed by atoms with Crippen LogP contribution in [0.5, 0.6) is 0 Å². The van der Waals surface area contributed by atoms with Gasteiger partial charge in [0.2, 0.25) is 17.7 Å². The van der Waals surface area contributed by atoms with Crippen molar-refractivity contribution in [1.29, 1.82) is 0 Å². The molecule has 1 rings (SSSR count). The summed E-state index contributed by atoms with van der Waals surface area (Å²) in [5.41, 5.74) is 0. The molecule has 1 saturated heterocycles. The number of carbonyl (C=O) groups excluding carboxylic acids is 3. The third-order valence-corrected chi connectivity index (χ3v) is 5.51. The average Bonchev–Trinajstić information content (AvgIpc) is 3.24. The molecule has 0 aliphatic carbocycles. The molecule has 5 atom stereocenters. The summed E-state index contributed by atoms with van der Waals surface area (Å²) in [5.74, 6) is -4.76. The number of carbonyl (C=O) groups is 5. The first-order valence-corrected chi connectivity index (χ1v) is 11.0. The summed E-state index contributed by atoms with van der Waals surface area (Å²) in [6.07, 6.45) is 1.47. The van der Waals surface area contributed by atoms with Crippen LogP contribution in [-0.2, 0) is 24.0 Å². The lowest BCUT2D eigenvalue weighted by Crippen LogP contribution is -2.58. The van der Waals surface area contributed by atoms with Crippen LogP contribution in [0.4, 0.5) is 0 Å². The Kier molecular flexibility index (Phi) is 11.1. The Hall–Kier alpha value is -2.69. The minimum absolute atomic E-state index is 0.0202. The first-order valence-electron chi connectivity index (χ1n) is 11.0. The van der Waals surface area contributed by atoms with E-state index in [9.17, 15) is 34.2 Å². The maximum Gasteiger partial charge on any atom is 0.326 e. The molecular formula is C21H36N4O7. The summed E-state index contributed by atoms with van der Waals surface area (Å²) in [6, 6.07) is -4.07. The smallest absolute Gasteiger partial charge is 0.326 e. The molecule has 0 spiro atoms. The zero-order valence-electron chi connectivity index (χ0n) is 19.1. The van der Waals surface area contributed by atoms with E-state index in [2.05, 4.69) is 21.3 Å². The molecule has 0 aromatic heterocycles. The maximum absolute atomic E-state index is 12.8. The number of hydrogen-bond donors (Lipinski definition) is 6. The highest BCUT2D eigenvalue weighted by Gasteiger charge is 2.33. The Labute approximate surface area is 188 Å². The topological polar surface area (TPSA) is 174 Å². The molecule has 0 saturated carbocycles. The Bertz CT molecular complexity index is 692. The van der Waals surface area contributed by atoms with E-state index < -0.39 is 60.2 Å². The van der Waals surface area contributed by atoms with Crippen LogP contribution in [0.25, 0.3) is 0 Å². The molecule has 1 aliphatic heterocycles. The van der Waals surface area contributed by atoms with Gasteiger partial charge in [-0.1, -0.05) is 34.1 Å². The van der Waals surface area contributed by atoms with Crippen molar-refractivity contribution in [2.45, 2.75) is 84.0 Å². The first kappa shape index (κ1) is 27.3. The maximum atomic E-state index is 12.8. The number of rotatable bonds is 13. The molecule has 3 amide bonds. The van der Waals surface area contributed by atoms with Crippen LogP contribution < -0.4 is 21.3 Å². The van der Waals surface area contributed by atoms with Crippen LogP contribution in [0.3, 0.4) is 0 Å². The highest BCUT2D eigenvalue weighted by Crippen LogP contribution is 2.11. The van der Waals surface area contributed by atoms with Crippen molar-refractivity contribution in [2.75, 3.05) is 6.54 Å². The number of carboxylic acid groups (broad SMARTS) is 2. The normalized spacial score (nSPS) is 19.5. The molecule has 1 aliphatic rings. The van der Waals surface area contributed by atoms with Crippen LogP contribution in [0.1, 0.15) is 59.8 Å². The second kappa shape index (κ2) is 13.0. The van der Waals surface area contributed by atoms with E-state index in [-0.39, 0.29) is 18.3 Å². The van der Waals surface area contributed by atoms with Crippen molar-refractivity contribution < 1.29 is 34.2 Å². The van der Waals surface area contributed by atoms with Gasteiger partial charge in [0.25, 0.3) is 0 Å². The summed E-state index contributed by atoms with van der Waals surface area (Å²) >= 11 is 0. The average molecular weight is 457 g/mol. The van der Waals surface area contributed by atoms with Crippen molar-refractivity contribution in [3.05, 3.63) is 0 Å². The van der Waals surface area contributed by atoms with E-state index in [0.717, 1.165) is 6.42 Å². The number of aliphatic carboxylic acids is 2. The van der Waals surface area contributed by atoms with Gasteiger partial charge in [0.1, 0.15) is 18.1 Å². The van der Waals surface area contributed by atoms with Crippen LogP contribution in [-0.4, -0.2) is 70.6 Å². The van der Waals surface area contributed by atoms with Gasteiger partial charge in [-0.25, -0.2) is 4.79 Å². The van der Waals surface area contributed by atoms with Crippen molar-refractivity contribution in [2.24, 2.45) is 11.8 Å². The summed E-state index contributed by atoms with van der Waals surface area (Å²) in [5, 5.41) is 29.0. The van der Waals surface area contributed by atoms with E-state index in [1.165, 1.54) is 0 Å². The van der Waals surface area contributed by atoms with E-state index in [0.29, 0.717) is 19.4 Å². The molecule has 11 heteroatoms. The van der Waals surface area contributed by atoms with Crippen molar-refractivity contribution in [3.8, 4) is 0 Å². The van der Waals surface area contributed by atoms with Crippen molar-refractivity contribution in [1.82, 2.24) is 21.3 Å². The van der Waals surface area contributed by atoms with Gasteiger partial charge in [-0.05, 0) is 37.6 Å². The predicted molar refractivity (Wildman–Crippen MR) is 116 cm³/mol. The van der Waals surface area contributed by atoms with E-state index in [4.69, 9.17) is 0 Å². The molecule has 6 N–H and O–H groups in total. The molecule has 0 bridgehead atoms. The second-order valence-corrected chi connectivity index (χ2v) is 8.71. The molecule has 182 valence electrons. The zero-order valence-corrected chi connectivity index (χ0v) is 19.1. The largest absolute Gasteiger partial charge is 0.481 e. The Morgan fingerprint density at radius 3 is 2.06 bits per heavy atom. The predicted octanol–water partition coefficient (Wildman–Crippen LogP) is -0.156. The van der Waals surface area contributed by atoms with Gasteiger partial charge in [0.15, 0.2) is 0 Å². The van der Waals surface area contributed by atoms with Gasteiger partial charge in [-0.15, -0.1) is 0 Å². The second-order valence-electron chi connectivity index (χ2n) is 8.71. The summed E-state index contributed by atoms with van der Waals surface area (Å²) in [4.78, 5) is 60.8. The fraction of sp³-hybridized carbons (Fsp3) is 0.762. The third-order valence-electron chi connectivity index (χ3n) is 5.51. The van der Waals surface area contributed by atoms with Crippen LogP contribution in [0, 0.1) is 11.8 Å². The van der Waals surface area contributed by atoms with Gasteiger partial charge in [-0.2, -0.15) is 0 Å². The lowest BCUT2D eigenvalue weighted by molar-refractivity contribution is -0.144. The van der Waals surface area contributed by atoms with E-state index in [1.807, 2.05) is 13.8 Å². The molecular weight excluding hydrogens is 420 g/mol. The molecule has 32 heavy (non-hydrogen) atoms. The number of carboxylic acids is 2. The Morgan fingerprint density at radius 1 is 0.969 bits per heavy atom. The highest BCUT2D eigenvalue weighted by molar-refractivity contribution is 5.95. The van der Waals surface area contributed by atoms with E-state index in [1.54, 1.807) is 13.8 Å². The van der Waals surface area contributed by atoms with Gasteiger partial charge in [-0.3, -0.25) is 19.2 Å². The van der Waals surface area contributed by atoms with Gasteiger partial charge >= 0.3 is 11.9 Å². The quantitative estimate of drug-likeness (QED) is 0.222.